The number of hydrogen-bond donors (Lipinski definition) is 1. The van der Waals surface area contributed by atoms with Gasteiger partial charge in [0.05, 0.1) is 5.69 Å². The highest BCUT2D eigenvalue weighted by molar-refractivity contribution is 6.64. The van der Waals surface area contributed by atoms with Crippen molar-refractivity contribution < 1.29 is 0 Å². The van der Waals surface area contributed by atoms with Gasteiger partial charge in [0.25, 0.3) is 0 Å². The molecule has 0 heterocycles. The molecule has 0 aromatic heterocycles. The van der Waals surface area contributed by atoms with E-state index in [1.165, 1.54) is 0 Å². The van der Waals surface area contributed by atoms with Crippen molar-refractivity contribution in [3.05, 3.63) is 29.3 Å². The number of hydrogen-bond acceptors (Lipinski definition) is 2. The summed E-state index contributed by atoms with van der Waals surface area (Å²) < 4.78 is 0. The Morgan fingerprint density at radius 1 is 1.33 bits per heavy atom. The molecular weight excluding hydrogens is 195 g/mol. The van der Waals surface area contributed by atoms with Crippen molar-refractivity contribution in [1.29, 1.82) is 0 Å². The van der Waals surface area contributed by atoms with E-state index in [0.717, 1.165) is 5.69 Å². The third-order valence-corrected chi connectivity index (χ3v) is 1.52. The van der Waals surface area contributed by atoms with Crippen LogP contribution in [-0.4, -0.2) is 5.17 Å². The molecule has 1 aromatic rings. The van der Waals surface area contributed by atoms with Crippen LogP contribution >= 0.6 is 23.2 Å². The second-order valence-electron chi connectivity index (χ2n) is 2.23. The highest BCUT2D eigenvalue weighted by atomic mass is 35.5. The van der Waals surface area contributed by atoms with E-state index in [2.05, 4.69) is 10.5 Å². The van der Waals surface area contributed by atoms with E-state index >= 15 is 0 Å². The van der Waals surface area contributed by atoms with Gasteiger partial charge in [-0.1, -0.05) is 23.2 Å². The SMILES string of the molecule is C/C(Cl)=N/Nc1ccc(Cl)cc1. The Kier molecular flexibility index (Phi) is 3.38. The van der Waals surface area contributed by atoms with Gasteiger partial charge in [0.15, 0.2) is 0 Å². The molecule has 4 heteroatoms. The fourth-order valence-electron chi connectivity index (χ4n) is 0.666. The normalized spacial score (nSPS) is 11.4. The van der Waals surface area contributed by atoms with Crippen LogP contribution in [-0.2, 0) is 0 Å². The summed E-state index contributed by atoms with van der Waals surface area (Å²) in [7, 11) is 0. The lowest BCUT2D eigenvalue weighted by Gasteiger charge is -1.98. The van der Waals surface area contributed by atoms with Gasteiger partial charge < -0.3 is 0 Å². The Morgan fingerprint density at radius 3 is 2.42 bits per heavy atom. The lowest BCUT2D eigenvalue weighted by Crippen LogP contribution is -1.90. The van der Waals surface area contributed by atoms with E-state index in [4.69, 9.17) is 23.2 Å². The molecule has 0 aliphatic rings. The van der Waals surface area contributed by atoms with Crippen LogP contribution in [0.4, 0.5) is 5.69 Å². The number of benzene rings is 1. The minimum absolute atomic E-state index is 0.463. The first-order chi connectivity index (χ1) is 5.68. The highest BCUT2D eigenvalue weighted by Crippen LogP contribution is 2.13. The summed E-state index contributed by atoms with van der Waals surface area (Å²) >= 11 is 11.2. The second kappa shape index (κ2) is 4.33. The van der Waals surface area contributed by atoms with Gasteiger partial charge in [-0.2, -0.15) is 5.10 Å². The molecule has 1 N–H and O–H groups in total. The predicted octanol–water partition coefficient (Wildman–Crippen LogP) is 3.32. The number of hydrazone groups is 1. The van der Waals surface area contributed by atoms with Crippen LogP contribution in [0.15, 0.2) is 29.4 Å². The zero-order valence-electron chi connectivity index (χ0n) is 6.51. The molecule has 0 spiro atoms. The van der Waals surface area contributed by atoms with E-state index in [1.807, 2.05) is 12.1 Å². The number of nitrogens with one attached hydrogen (secondary N) is 1. The zero-order valence-corrected chi connectivity index (χ0v) is 8.02. The van der Waals surface area contributed by atoms with Crippen molar-refractivity contribution >= 4 is 34.1 Å². The van der Waals surface area contributed by atoms with Crippen LogP contribution in [0, 0.1) is 0 Å². The minimum Gasteiger partial charge on any atom is -0.277 e. The van der Waals surface area contributed by atoms with Crippen LogP contribution in [0.5, 0.6) is 0 Å². The van der Waals surface area contributed by atoms with Gasteiger partial charge >= 0.3 is 0 Å². The Hall–Kier alpha value is -0.730. The largest absolute Gasteiger partial charge is 0.277 e. The Morgan fingerprint density at radius 2 is 1.92 bits per heavy atom. The van der Waals surface area contributed by atoms with Gasteiger partial charge in [-0.05, 0) is 31.2 Å². The number of anilines is 1. The summed E-state index contributed by atoms with van der Waals surface area (Å²) in [5.74, 6) is 0. The summed E-state index contributed by atoms with van der Waals surface area (Å²) in [5.41, 5.74) is 3.63. The predicted molar refractivity (Wildman–Crippen MR) is 54.0 cm³/mol. The van der Waals surface area contributed by atoms with Crippen LogP contribution < -0.4 is 5.43 Å². The topological polar surface area (TPSA) is 24.4 Å². The van der Waals surface area contributed by atoms with Gasteiger partial charge in [-0.3, -0.25) is 5.43 Å². The molecule has 12 heavy (non-hydrogen) atoms. The average Bonchev–Trinajstić information content (AvgIpc) is 2.03. The fraction of sp³-hybridized carbons (Fsp3) is 0.125. The second-order valence-corrected chi connectivity index (χ2v) is 3.21. The van der Waals surface area contributed by atoms with Gasteiger partial charge in [-0.25, -0.2) is 0 Å². The Balaban J connectivity index is 2.65. The molecule has 0 radical (unpaired) electrons. The van der Waals surface area contributed by atoms with Gasteiger partial charge in [-0.15, -0.1) is 0 Å². The minimum atomic E-state index is 0.463. The van der Waals surface area contributed by atoms with Crippen molar-refractivity contribution in [3.63, 3.8) is 0 Å². The molecule has 0 fully saturated rings. The molecule has 0 aliphatic heterocycles. The maximum atomic E-state index is 5.68. The van der Waals surface area contributed by atoms with E-state index in [9.17, 15) is 0 Å². The monoisotopic (exact) mass is 202 g/mol. The van der Waals surface area contributed by atoms with E-state index in [-0.39, 0.29) is 0 Å². The molecular formula is C8H8Cl2N2. The maximum Gasteiger partial charge on any atom is 0.123 e. The number of halogens is 2. The quantitative estimate of drug-likeness (QED) is 0.578. The lowest BCUT2D eigenvalue weighted by molar-refractivity contribution is 1.34. The fourth-order valence-corrected chi connectivity index (χ4v) is 0.834. The van der Waals surface area contributed by atoms with Crippen LogP contribution in [0.3, 0.4) is 0 Å². The van der Waals surface area contributed by atoms with Crippen LogP contribution in [0.2, 0.25) is 5.02 Å². The molecule has 1 rings (SSSR count). The first-order valence-electron chi connectivity index (χ1n) is 3.40. The molecule has 2 nitrogen and oxygen atoms in total. The summed E-state index contributed by atoms with van der Waals surface area (Å²) in [4.78, 5) is 0. The van der Waals surface area contributed by atoms with Crippen LogP contribution in [0.1, 0.15) is 6.92 Å². The molecule has 0 amide bonds. The van der Waals surface area contributed by atoms with E-state index in [1.54, 1.807) is 19.1 Å². The van der Waals surface area contributed by atoms with Gasteiger partial charge in [0.2, 0.25) is 0 Å². The standard InChI is InChI=1S/C8H8Cl2N2/c1-6(9)11-12-8-4-2-7(10)3-5-8/h2-5,12H,1H3/b11-6-. The molecule has 0 bridgehead atoms. The highest BCUT2D eigenvalue weighted by Gasteiger charge is 1.89. The van der Waals surface area contributed by atoms with Gasteiger partial charge in [0.1, 0.15) is 5.17 Å². The van der Waals surface area contributed by atoms with E-state index in [0.29, 0.717) is 10.2 Å². The molecule has 0 saturated heterocycles. The molecule has 0 unspecified atom stereocenters. The maximum absolute atomic E-state index is 5.68. The molecule has 0 atom stereocenters. The Labute approximate surface area is 81.2 Å². The third-order valence-electron chi connectivity index (χ3n) is 1.18. The summed E-state index contributed by atoms with van der Waals surface area (Å²) in [5, 5.41) is 4.98. The van der Waals surface area contributed by atoms with Crippen LogP contribution in [0.25, 0.3) is 0 Å². The Bertz CT molecular complexity index is 276. The summed E-state index contributed by atoms with van der Waals surface area (Å²) in [6.45, 7) is 1.70. The molecule has 64 valence electrons. The zero-order chi connectivity index (χ0) is 8.97. The first kappa shape index (κ1) is 9.36. The number of nitrogens with zero attached hydrogens (tertiary/aromatic N) is 1. The van der Waals surface area contributed by atoms with Crippen molar-refractivity contribution in [3.8, 4) is 0 Å². The van der Waals surface area contributed by atoms with Crippen molar-refractivity contribution in [1.82, 2.24) is 0 Å². The third kappa shape index (κ3) is 3.11. The molecule has 0 aliphatic carbocycles. The van der Waals surface area contributed by atoms with Crippen molar-refractivity contribution in [2.45, 2.75) is 6.92 Å². The number of rotatable bonds is 2. The van der Waals surface area contributed by atoms with E-state index < -0.39 is 0 Å². The molecule has 0 saturated carbocycles. The smallest absolute Gasteiger partial charge is 0.123 e. The first-order valence-corrected chi connectivity index (χ1v) is 4.15. The van der Waals surface area contributed by atoms with Gasteiger partial charge in [0, 0.05) is 5.02 Å². The van der Waals surface area contributed by atoms with Crippen molar-refractivity contribution in [2.75, 3.05) is 5.43 Å². The lowest BCUT2D eigenvalue weighted by atomic mass is 10.3. The average molecular weight is 203 g/mol. The summed E-state index contributed by atoms with van der Waals surface area (Å²) in [6.07, 6.45) is 0. The summed E-state index contributed by atoms with van der Waals surface area (Å²) in [6, 6.07) is 7.21. The van der Waals surface area contributed by atoms with Crippen molar-refractivity contribution in [2.24, 2.45) is 5.10 Å². The molecule has 1 aromatic carbocycles.